The Morgan fingerprint density at radius 3 is 2.56 bits per heavy atom. The van der Waals surface area contributed by atoms with Crippen molar-refractivity contribution in [3.8, 4) is 11.1 Å². The van der Waals surface area contributed by atoms with Crippen molar-refractivity contribution in [2.45, 2.75) is 6.54 Å². The second-order valence-electron chi connectivity index (χ2n) is 3.96. The van der Waals surface area contributed by atoms with Crippen molar-refractivity contribution in [2.75, 3.05) is 7.05 Å². The van der Waals surface area contributed by atoms with Crippen molar-refractivity contribution in [1.29, 1.82) is 0 Å². The molecular formula is C14H12ClF2N. The molecule has 0 saturated carbocycles. The van der Waals surface area contributed by atoms with Crippen molar-refractivity contribution in [1.82, 2.24) is 5.32 Å². The first-order valence-electron chi connectivity index (χ1n) is 5.50. The number of hydrogen-bond donors (Lipinski definition) is 1. The molecule has 0 aliphatic heterocycles. The van der Waals surface area contributed by atoms with Crippen LogP contribution in [-0.4, -0.2) is 7.05 Å². The fourth-order valence-corrected chi connectivity index (χ4v) is 2.01. The molecule has 0 aliphatic rings. The van der Waals surface area contributed by atoms with Gasteiger partial charge in [0, 0.05) is 17.1 Å². The van der Waals surface area contributed by atoms with Crippen LogP contribution in [-0.2, 0) is 6.54 Å². The molecule has 1 nitrogen and oxygen atoms in total. The van der Waals surface area contributed by atoms with E-state index in [2.05, 4.69) is 5.32 Å². The normalized spacial score (nSPS) is 10.7. The van der Waals surface area contributed by atoms with E-state index in [1.165, 1.54) is 6.07 Å². The van der Waals surface area contributed by atoms with Crippen molar-refractivity contribution < 1.29 is 8.78 Å². The van der Waals surface area contributed by atoms with E-state index in [0.29, 0.717) is 17.1 Å². The molecule has 1 N–H and O–H groups in total. The summed E-state index contributed by atoms with van der Waals surface area (Å²) < 4.78 is 26.7. The first-order chi connectivity index (χ1) is 8.61. The fraction of sp³-hybridized carbons (Fsp3) is 0.143. The summed E-state index contributed by atoms with van der Waals surface area (Å²) in [6.07, 6.45) is 0. The monoisotopic (exact) mass is 267 g/mol. The van der Waals surface area contributed by atoms with Crippen LogP contribution in [0.15, 0.2) is 36.4 Å². The molecule has 2 rings (SSSR count). The van der Waals surface area contributed by atoms with Crippen LogP contribution in [0.25, 0.3) is 11.1 Å². The smallest absolute Gasteiger partial charge is 0.131 e. The average Bonchev–Trinajstić information content (AvgIpc) is 2.35. The summed E-state index contributed by atoms with van der Waals surface area (Å²) in [5, 5.41) is 3.52. The molecule has 0 amide bonds. The topological polar surface area (TPSA) is 12.0 Å². The van der Waals surface area contributed by atoms with Crippen LogP contribution >= 0.6 is 11.6 Å². The summed E-state index contributed by atoms with van der Waals surface area (Å²) in [6, 6.07) is 8.55. The van der Waals surface area contributed by atoms with Gasteiger partial charge < -0.3 is 5.32 Å². The van der Waals surface area contributed by atoms with Gasteiger partial charge in [-0.15, -0.1) is 0 Å². The first-order valence-corrected chi connectivity index (χ1v) is 5.88. The molecule has 0 aliphatic carbocycles. The summed E-state index contributed by atoms with van der Waals surface area (Å²) in [5.74, 6) is -0.935. The maximum Gasteiger partial charge on any atom is 0.131 e. The minimum absolute atomic E-state index is 0.216. The van der Waals surface area contributed by atoms with Crippen molar-refractivity contribution in [3.63, 3.8) is 0 Å². The van der Waals surface area contributed by atoms with Gasteiger partial charge in [-0.1, -0.05) is 23.7 Å². The van der Waals surface area contributed by atoms with Crippen LogP contribution in [0.1, 0.15) is 5.56 Å². The molecule has 0 heterocycles. The zero-order valence-corrected chi connectivity index (χ0v) is 10.6. The second kappa shape index (κ2) is 5.46. The van der Waals surface area contributed by atoms with Gasteiger partial charge in [-0.2, -0.15) is 0 Å². The van der Waals surface area contributed by atoms with Gasteiger partial charge in [0.25, 0.3) is 0 Å². The average molecular weight is 268 g/mol. The predicted octanol–water partition coefficient (Wildman–Crippen LogP) is 4.00. The maximum absolute atomic E-state index is 13.6. The Balaban J connectivity index is 2.45. The summed E-state index contributed by atoms with van der Waals surface area (Å²) >= 11 is 6.09. The first kappa shape index (κ1) is 13.0. The molecule has 0 atom stereocenters. The summed E-state index contributed by atoms with van der Waals surface area (Å²) in [6.45, 7) is 0.630. The standard InChI is InChI=1S/C14H12ClF2N/c1-18-8-10-3-2-9(6-13(10)15)12-7-11(16)4-5-14(12)17/h2-7,18H,8H2,1H3. The molecule has 2 aromatic rings. The molecule has 94 valence electrons. The van der Waals surface area contributed by atoms with Crippen LogP contribution < -0.4 is 5.32 Å². The van der Waals surface area contributed by atoms with Gasteiger partial charge >= 0.3 is 0 Å². The van der Waals surface area contributed by atoms with Gasteiger partial charge in [-0.25, -0.2) is 8.78 Å². The van der Waals surface area contributed by atoms with Crippen molar-refractivity contribution in [3.05, 3.63) is 58.6 Å². The van der Waals surface area contributed by atoms with Gasteiger partial charge in [0.05, 0.1) is 0 Å². The summed E-state index contributed by atoms with van der Waals surface area (Å²) in [5.41, 5.74) is 1.70. The number of halogens is 3. The molecule has 18 heavy (non-hydrogen) atoms. The van der Waals surface area contributed by atoms with Gasteiger partial charge in [-0.05, 0) is 42.4 Å². The molecular weight excluding hydrogens is 256 g/mol. The molecule has 0 saturated heterocycles. The van der Waals surface area contributed by atoms with E-state index in [9.17, 15) is 8.78 Å². The number of nitrogens with one attached hydrogen (secondary N) is 1. The second-order valence-corrected chi connectivity index (χ2v) is 4.37. The fourth-order valence-electron chi connectivity index (χ4n) is 1.77. The van der Waals surface area contributed by atoms with Crippen LogP contribution in [0, 0.1) is 11.6 Å². The van der Waals surface area contributed by atoms with Crippen molar-refractivity contribution in [2.24, 2.45) is 0 Å². The molecule has 0 spiro atoms. The third-order valence-corrected chi connectivity index (χ3v) is 3.01. The van der Waals surface area contributed by atoms with E-state index in [4.69, 9.17) is 11.6 Å². The van der Waals surface area contributed by atoms with Gasteiger partial charge in [-0.3, -0.25) is 0 Å². The van der Waals surface area contributed by atoms with E-state index in [1.54, 1.807) is 18.2 Å². The number of rotatable bonds is 3. The Bertz CT molecular complexity index is 570. The summed E-state index contributed by atoms with van der Waals surface area (Å²) in [4.78, 5) is 0. The Kier molecular flexibility index (Phi) is 3.94. The van der Waals surface area contributed by atoms with Crippen LogP contribution in [0.5, 0.6) is 0 Å². The van der Waals surface area contributed by atoms with Crippen molar-refractivity contribution >= 4 is 11.6 Å². The van der Waals surface area contributed by atoms with E-state index < -0.39 is 11.6 Å². The van der Waals surface area contributed by atoms with Crippen LogP contribution in [0.4, 0.5) is 8.78 Å². The number of hydrogen-bond acceptors (Lipinski definition) is 1. The lowest BCUT2D eigenvalue weighted by Crippen LogP contribution is -2.05. The minimum Gasteiger partial charge on any atom is -0.316 e. The lowest BCUT2D eigenvalue weighted by Gasteiger charge is -2.08. The Morgan fingerprint density at radius 2 is 1.89 bits per heavy atom. The zero-order valence-electron chi connectivity index (χ0n) is 9.81. The third kappa shape index (κ3) is 2.68. The SMILES string of the molecule is CNCc1ccc(-c2cc(F)ccc2F)cc1Cl. The largest absolute Gasteiger partial charge is 0.316 e. The van der Waals surface area contributed by atoms with Crippen LogP contribution in [0.2, 0.25) is 5.02 Å². The lowest BCUT2D eigenvalue weighted by molar-refractivity contribution is 0.603. The number of benzene rings is 2. The highest BCUT2D eigenvalue weighted by Crippen LogP contribution is 2.28. The molecule has 0 bridgehead atoms. The van der Waals surface area contributed by atoms with Gasteiger partial charge in [0.15, 0.2) is 0 Å². The van der Waals surface area contributed by atoms with E-state index >= 15 is 0 Å². The molecule has 0 radical (unpaired) electrons. The highest BCUT2D eigenvalue weighted by Gasteiger charge is 2.08. The molecule has 0 unspecified atom stereocenters. The third-order valence-electron chi connectivity index (χ3n) is 2.66. The van der Waals surface area contributed by atoms with Crippen LogP contribution in [0.3, 0.4) is 0 Å². The van der Waals surface area contributed by atoms with E-state index in [-0.39, 0.29) is 5.56 Å². The lowest BCUT2D eigenvalue weighted by atomic mass is 10.0. The van der Waals surface area contributed by atoms with E-state index in [1.807, 2.05) is 7.05 Å². The zero-order chi connectivity index (χ0) is 13.1. The van der Waals surface area contributed by atoms with Gasteiger partial charge in [0.1, 0.15) is 11.6 Å². The quantitative estimate of drug-likeness (QED) is 0.886. The molecule has 0 fully saturated rings. The highest BCUT2D eigenvalue weighted by molar-refractivity contribution is 6.31. The van der Waals surface area contributed by atoms with Gasteiger partial charge in [0.2, 0.25) is 0 Å². The summed E-state index contributed by atoms with van der Waals surface area (Å²) in [7, 11) is 1.82. The Labute approximate surface area is 109 Å². The van der Waals surface area contributed by atoms with E-state index in [0.717, 1.165) is 17.7 Å². The predicted molar refractivity (Wildman–Crippen MR) is 69.6 cm³/mol. The molecule has 4 heteroatoms. The highest BCUT2D eigenvalue weighted by atomic mass is 35.5. The molecule has 2 aromatic carbocycles. The maximum atomic E-state index is 13.6. The Morgan fingerprint density at radius 1 is 1.11 bits per heavy atom. The molecule has 0 aromatic heterocycles. The Hall–Kier alpha value is -1.45. The minimum atomic E-state index is -0.471.